The number of hydrogen-bond donors (Lipinski definition) is 1. The molecule has 130 valence electrons. The molecule has 0 spiro atoms. The molecule has 1 aliphatic carbocycles. The fourth-order valence-corrected chi connectivity index (χ4v) is 4.93. The largest absolute Gasteiger partial charge is 0.389 e. The van der Waals surface area contributed by atoms with Crippen LogP contribution in [0.2, 0.25) is 0 Å². The summed E-state index contributed by atoms with van der Waals surface area (Å²) in [5.74, 6) is 0. The summed E-state index contributed by atoms with van der Waals surface area (Å²) < 4.78 is 28.8. The Morgan fingerprint density at radius 1 is 1.04 bits per heavy atom. The molecule has 0 aromatic heterocycles. The van der Waals surface area contributed by atoms with E-state index in [2.05, 4.69) is 0 Å². The van der Waals surface area contributed by atoms with Crippen molar-refractivity contribution < 1.29 is 13.5 Å². The van der Waals surface area contributed by atoms with E-state index in [4.69, 9.17) is 0 Å². The summed E-state index contributed by atoms with van der Waals surface area (Å²) in [6.07, 6.45) is 3.26. The van der Waals surface area contributed by atoms with Gasteiger partial charge in [0.2, 0.25) is 0 Å². The average molecular weight is 340 g/mol. The highest BCUT2D eigenvalue weighted by atomic mass is 32.2. The lowest BCUT2D eigenvalue weighted by Crippen LogP contribution is -2.49. The van der Waals surface area contributed by atoms with Crippen molar-refractivity contribution in [3.05, 3.63) is 35.9 Å². The number of nitrogens with zero attached hydrogens (tertiary/aromatic N) is 2. The van der Waals surface area contributed by atoms with E-state index in [1.54, 1.807) is 0 Å². The van der Waals surface area contributed by atoms with E-state index in [1.165, 1.54) is 8.61 Å². The number of rotatable bonds is 8. The highest BCUT2D eigenvalue weighted by molar-refractivity contribution is 7.86. The molecule has 0 heterocycles. The topological polar surface area (TPSA) is 60.9 Å². The molecule has 0 aliphatic heterocycles. The Hall–Kier alpha value is -0.950. The highest BCUT2D eigenvalue weighted by Crippen LogP contribution is 2.31. The third-order valence-corrected chi connectivity index (χ3v) is 6.64. The lowest BCUT2D eigenvalue weighted by molar-refractivity contribution is 0.0266. The third-order valence-electron chi connectivity index (χ3n) is 4.56. The van der Waals surface area contributed by atoms with Crippen LogP contribution in [-0.4, -0.2) is 47.4 Å². The molecule has 0 unspecified atom stereocenters. The van der Waals surface area contributed by atoms with Crippen LogP contribution in [0.1, 0.15) is 45.1 Å². The van der Waals surface area contributed by atoms with Gasteiger partial charge in [0.05, 0.1) is 5.60 Å². The summed E-state index contributed by atoms with van der Waals surface area (Å²) in [6, 6.07) is 9.56. The Balaban J connectivity index is 2.26. The van der Waals surface area contributed by atoms with Gasteiger partial charge < -0.3 is 5.11 Å². The third kappa shape index (κ3) is 4.53. The van der Waals surface area contributed by atoms with Gasteiger partial charge in [-0.05, 0) is 18.4 Å². The SMILES string of the molecule is CCN(CC)S(=O)(=O)N(Cc1ccccc1)CC1(O)CCCC1. The highest BCUT2D eigenvalue weighted by Gasteiger charge is 2.38. The Morgan fingerprint density at radius 3 is 2.13 bits per heavy atom. The predicted octanol–water partition coefficient (Wildman–Crippen LogP) is 2.38. The minimum atomic E-state index is -3.58. The fourth-order valence-electron chi connectivity index (χ4n) is 3.24. The Morgan fingerprint density at radius 2 is 1.61 bits per heavy atom. The van der Waals surface area contributed by atoms with Crippen molar-refractivity contribution in [2.24, 2.45) is 0 Å². The summed E-state index contributed by atoms with van der Waals surface area (Å²) in [7, 11) is -3.58. The summed E-state index contributed by atoms with van der Waals surface area (Å²) in [5.41, 5.74) is 0.0412. The minimum Gasteiger partial charge on any atom is -0.389 e. The van der Waals surface area contributed by atoms with Gasteiger partial charge >= 0.3 is 0 Å². The molecule has 0 atom stereocenters. The molecule has 0 bridgehead atoms. The van der Waals surface area contributed by atoms with Crippen molar-refractivity contribution in [2.75, 3.05) is 19.6 Å². The quantitative estimate of drug-likeness (QED) is 0.790. The molecule has 1 aromatic rings. The first-order valence-electron chi connectivity index (χ1n) is 8.43. The molecule has 6 heteroatoms. The number of aliphatic hydroxyl groups is 1. The van der Waals surface area contributed by atoms with Gasteiger partial charge in [-0.3, -0.25) is 0 Å². The summed E-state index contributed by atoms with van der Waals surface area (Å²) in [5, 5.41) is 10.7. The first-order chi connectivity index (χ1) is 10.9. The lowest BCUT2D eigenvalue weighted by Gasteiger charge is -2.34. The first kappa shape index (κ1) is 18.4. The van der Waals surface area contributed by atoms with Gasteiger partial charge in [-0.25, -0.2) is 0 Å². The maximum atomic E-state index is 13.0. The molecule has 0 radical (unpaired) electrons. The molecule has 2 rings (SSSR count). The molecular formula is C17H28N2O3S. The van der Waals surface area contributed by atoms with Crippen molar-refractivity contribution >= 4 is 10.2 Å². The van der Waals surface area contributed by atoms with E-state index in [0.717, 1.165) is 18.4 Å². The van der Waals surface area contributed by atoms with Gasteiger partial charge in [-0.2, -0.15) is 17.0 Å². The van der Waals surface area contributed by atoms with Gasteiger partial charge in [0.1, 0.15) is 0 Å². The van der Waals surface area contributed by atoms with E-state index < -0.39 is 15.8 Å². The number of hydrogen-bond acceptors (Lipinski definition) is 3. The van der Waals surface area contributed by atoms with Crippen molar-refractivity contribution in [1.29, 1.82) is 0 Å². The molecule has 0 saturated heterocycles. The molecule has 23 heavy (non-hydrogen) atoms. The Labute approximate surface area is 140 Å². The molecule has 1 fully saturated rings. The van der Waals surface area contributed by atoms with E-state index in [9.17, 15) is 13.5 Å². The maximum absolute atomic E-state index is 13.0. The Bertz CT molecular complexity index is 579. The molecule has 1 N–H and O–H groups in total. The van der Waals surface area contributed by atoms with Crippen LogP contribution in [0.15, 0.2) is 30.3 Å². The van der Waals surface area contributed by atoms with Crippen LogP contribution < -0.4 is 0 Å². The second-order valence-electron chi connectivity index (χ2n) is 6.28. The lowest BCUT2D eigenvalue weighted by atomic mass is 10.0. The van der Waals surface area contributed by atoms with E-state index in [1.807, 2.05) is 44.2 Å². The van der Waals surface area contributed by atoms with Crippen LogP contribution in [0, 0.1) is 0 Å². The van der Waals surface area contributed by atoms with Crippen LogP contribution in [0.4, 0.5) is 0 Å². The predicted molar refractivity (Wildman–Crippen MR) is 92.1 cm³/mol. The van der Waals surface area contributed by atoms with Crippen molar-refractivity contribution in [3.8, 4) is 0 Å². The van der Waals surface area contributed by atoms with Gasteiger partial charge in [-0.1, -0.05) is 57.0 Å². The van der Waals surface area contributed by atoms with Crippen LogP contribution >= 0.6 is 0 Å². The van der Waals surface area contributed by atoms with Crippen molar-refractivity contribution in [1.82, 2.24) is 8.61 Å². The molecule has 1 aliphatic rings. The van der Waals surface area contributed by atoms with Crippen LogP contribution in [-0.2, 0) is 16.8 Å². The summed E-state index contributed by atoms with van der Waals surface area (Å²) in [6.45, 7) is 5.01. The van der Waals surface area contributed by atoms with Crippen LogP contribution in [0.3, 0.4) is 0 Å². The monoisotopic (exact) mass is 340 g/mol. The van der Waals surface area contributed by atoms with Crippen LogP contribution in [0.25, 0.3) is 0 Å². The van der Waals surface area contributed by atoms with Gasteiger partial charge in [0, 0.05) is 26.2 Å². The van der Waals surface area contributed by atoms with Gasteiger partial charge in [-0.15, -0.1) is 0 Å². The molecule has 1 aromatic carbocycles. The number of benzene rings is 1. The average Bonchev–Trinajstić information content (AvgIpc) is 2.95. The maximum Gasteiger partial charge on any atom is 0.282 e. The zero-order valence-corrected chi connectivity index (χ0v) is 14.9. The first-order valence-corrected chi connectivity index (χ1v) is 9.82. The molecule has 5 nitrogen and oxygen atoms in total. The molecule has 0 amide bonds. The molecular weight excluding hydrogens is 312 g/mol. The van der Waals surface area contributed by atoms with Crippen LogP contribution in [0.5, 0.6) is 0 Å². The zero-order valence-electron chi connectivity index (χ0n) is 14.1. The Kier molecular flexibility index (Phi) is 6.19. The second kappa shape index (κ2) is 7.75. The van der Waals surface area contributed by atoms with E-state index in [0.29, 0.717) is 32.5 Å². The second-order valence-corrected chi connectivity index (χ2v) is 8.21. The minimum absolute atomic E-state index is 0.167. The molecule has 1 saturated carbocycles. The summed E-state index contributed by atoms with van der Waals surface area (Å²) in [4.78, 5) is 0. The van der Waals surface area contributed by atoms with E-state index >= 15 is 0 Å². The van der Waals surface area contributed by atoms with Gasteiger partial charge in [0.25, 0.3) is 10.2 Å². The van der Waals surface area contributed by atoms with Crippen molar-refractivity contribution in [3.63, 3.8) is 0 Å². The smallest absolute Gasteiger partial charge is 0.282 e. The van der Waals surface area contributed by atoms with Gasteiger partial charge in [0.15, 0.2) is 0 Å². The summed E-state index contributed by atoms with van der Waals surface area (Å²) >= 11 is 0. The zero-order chi connectivity index (χ0) is 16.9. The van der Waals surface area contributed by atoms with E-state index in [-0.39, 0.29) is 6.54 Å². The fraction of sp³-hybridized carbons (Fsp3) is 0.647. The van der Waals surface area contributed by atoms with Crippen molar-refractivity contribution in [2.45, 2.75) is 51.7 Å². The normalized spacial score (nSPS) is 18.0. The standard InChI is InChI=1S/C17H28N2O3S/c1-3-18(4-2)23(21,22)19(14-16-10-6-5-7-11-16)15-17(20)12-8-9-13-17/h5-7,10-11,20H,3-4,8-9,12-15H2,1-2H3.